The van der Waals surface area contributed by atoms with E-state index in [9.17, 15) is 0 Å². The molecule has 0 unspecified atom stereocenters. The van der Waals surface area contributed by atoms with E-state index >= 15 is 0 Å². The zero-order valence-electron chi connectivity index (χ0n) is 4.08. The highest BCUT2D eigenvalue weighted by atomic mass is 35.5. The fourth-order valence-electron chi connectivity index (χ4n) is 0.281. The molecule has 0 aromatic carbocycles. The van der Waals surface area contributed by atoms with Crippen molar-refractivity contribution in [1.29, 1.82) is 0 Å². The van der Waals surface area contributed by atoms with Crippen molar-refractivity contribution >= 4 is 11.6 Å². The van der Waals surface area contributed by atoms with Gasteiger partial charge >= 0.3 is 0 Å². The highest BCUT2D eigenvalue weighted by molar-refractivity contribution is 6.23. The average Bonchev–Trinajstić information content (AvgIpc) is 1.61. The summed E-state index contributed by atoms with van der Waals surface area (Å²) in [6.45, 7) is 2.15. The predicted molar refractivity (Wildman–Crippen MR) is 29.7 cm³/mol. The Morgan fingerprint density at radius 1 is 1.67 bits per heavy atom. The highest BCUT2D eigenvalue weighted by Crippen LogP contribution is 1.98. The van der Waals surface area contributed by atoms with Gasteiger partial charge in [0.05, 0.1) is 0 Å². The molecule has 0 bridgehead atoms. The van der Waals surface area contributed by atoms with Crippen LogP contribution in [0.3, 0.4) is 0 Å². The number of rotatable bonds is 3. The summed E-state index contributed by atoms with van der Waals surface area (Å²) in [5.74, 6) is 1.68. The molecule has 0 saturated carbocycles. The van der Waals surface area contributed by atoms with Gasteiger partial charge in [0.25, 0.3) is 0 Å². The highest BCUT2D eigenvalue weighted by Gasteiger charge is 1.77. The van der Waals surface area contributed by atoms with Crippen LogP contribution in [0.4, 0.5) is 0 Å². The molecular weight excluding hydrogens is 95.5 g/mol. The standard InChI is InChI=1S/C5H10Cl/c1-2-3-4-5-6/h5H,2-4H2,1H3. The van der Waals surface area contributed by atoms with Crippen molar-refractivity contribution < 1.29 is 0 Å². The van der Waals surface area contributed by atoms with Gasteiger partial charge in [0.15, 0.2) is 0 Å². The Kier molecular flexibility index (Phi) is 5.55. The zero-order valence-corrected chi connectivity index (χ0v) is 4.83. The van der Waals surface area contributed by atoms with Gasteiger partial charge < -0.3 is 0 Å². The van der Waals surface area contributed by atoms with Crippen molar-refractivity contribution in [2.24, 2.45) is 0 Å². The summed E-state index contributed by atoms with van der Waals surface area (Å²) in [6.07, 6.45) is 3.52. The van der Waals surface area contributed by atoms with E-state index in [-0.39, 0.29) is 0 Å². The fourth-order valence-corrected chi connectivity index (χ4v) is 0.436. The van der Waals surface area contributed by atoms with Gasteiger partial charge in [-0.2, -0.15) is 0 Å². The van der Waals surface area contributed by atoms with Crippen LogP contribution in [0.25, 0.3) is 0 Å². The van der Waals surface area contributed by atoms with Gasteiger partial charge in [-0.05, 0) is 6.42 Å². The van der Waals surface area contributed by atoms with E-state index in [1.54, 1.807) is 5.88 Å². The summed E-state index contributed by atoms with van der Waals surface area (Å²) < 4.78 is 0. The number of hydrogen-bond donors (Lipinski definition) is 0. The van der Waals surface area contributed by atoms with Gasteiger partial charge in [-0.25, -0.2) is 0 Å². The lowest BCUT2D eigenvalue weighted by Crippen LogP contribution is -1.65. The molecule has 0 nitrogen and oxygen atoms in total. The maximum Gasteiger partial charge on any atom is 0.0499 e. The van der Waals surface area contributed by atoms with E-state index in [0.717, 1.165) is 6.42 Å². The Morgan fingerprint density at radius 2 is 2.33 bits per heavy atom. The lowest BCUT2D eigenvalue weighted by Gasteiger charge is -1.84. The van der Waals surface area contributed by atoms with E-state index in [1.165, 1.54) is 12.8 Å². The monoisotopic (exact) mass is 105 g/mol. The fraction of sp³-hybridized carbons (Fsp3) is 0.800. The molecule has 0 N–H and O–H groups in total. The first-order valence-corrected chi connectivity index (χ1v) is 2.77. The van der Waals surface area contributed by atoms with E-state index in [4.69, 9.17) is 11.6 Å². The van der Waals surface area contributed by atoms with Crippen LogP contribution in [0.5, 0.6) is 0 Å². The Morgan fingerprint density at radius 3 is 2.50 bits per heavy atom. The lowest BCUT2D eigenvalue weighted by atomic mass is 10.3. The van der Waals surface area contributed by atoms with Crippen LogP contribution in [0.2, 0.25) is 0 Å². The second-order valence-electron chi connectivity index (χ2n) is 1.30. The number of halogens is 1. The minimum Gasteiger partial charge on any atom is -0.121 e. The summed E-state index contributed by atoms with van der Waals surface area (Å²) in [5.41, 5.74) is 0. The normalized spacial score (nSPS) is 9.00. The Labute approximate surface area is 44.5 Å². The molecule has 37 valence electrons. The van der Waals surface area contributed by atoms with E-state index in [2.05, 4.69) is 6.92 Å². The van der Waals surface area contributed by atoms with Crippen LogP contribution < -0.4 is 0 Å². The van der Waals surface area contributed by atoms with Crippen LogP contribution >= 0.6 is 11.6 Å². The van der Waals surface area contributed by atoms with Gasteiger partial charge in [0, 0.05) is 5.88 Å². The Balaban J connectivity index is 2.34. The first-order valence-electron chi connectivity index (χ1n) is 2.33. The van der Waals surface area contributed by atoms with Gasteiger partial charge in [0.1, 0.15) is 0 Å². The molecule has 0 saturated heterocycles. The van der Waals surface area contributed by atoms with Crippen molar-refractivity contribution in [3.8, 4) is 0 Å². The molecule has 6 heavy (non-hydrogen) atoms. The molecule has 0 rings (SSSR count). The molecule has 0 aromatic rings. The topological polar surface area (TPSA) is 0 Å². The third kappa shape index (κ3) is 4.29. The van der Waals surface area contributed by atoms with Crippen molar-refractivity contribution in [3.05, 3.63) is 5.88 Å². The zero-order chi connectivity index (χ0) is 4.83. The third-order valence-corrected chi connectivity index (χ3v) is 0.885. The molecule has 0 spiro atoms. The second kappa shape index (κ2) is 5.29. The van der Waals surface area contributed by atoms with Crippen LogP contribution in [-0.4, -0.2) is 0 Å². The predicted octanol–water partition coefficient (Wildman–Crippen LogP) is 2.58. The second-order valence-corrected chi connectivity index (χ2v) is 1.61. The minimum atomic E-state index is 1.05. The Bertz CT molecular complexity index is 15.9. The smallest absolute Gasteiger partial charge is 0.0499 e. The lowest BCUT2D eigenvalue weighted by molar-refractivity contribution is 0.805. The van der Waals surface area contributed by atoms with Crippen molar-refractivity contribution in [2.75, 3.05) is 0 Å². The quantitative estimate of drug-likeness (QED) is 0.484. The minimum absolute atomic E-state index is 1.05. The number of hydrogen-bond acceptors (Lipinski definition) is 0. The van der Waals surface area contributed by atoms with Crippen LogP contribution in [0, 0.1) is 5.88 Å². The average molecular weight is 106 g/mol. The molecule has 0 aliphatic heterocycles. The van der Waals surface area contributed by atoms with Crippen molar-refractivity contribution in [2.45, 2.75) is 26.2 Å². The van der Waals surface area contributed by atoms with E-state index in [0.29, 0.717) is 0 Å². The molecule has 0 aromatic heterocycles. The van der Waals surface area contributed by atoms with Crippen molar-refractivity contribution in [3.63, 3.8) is 0 Å². The first-order chi connectivity index (χ1) is 2.91. The molecule has 0 aliphatic rings. The molecular formula is C5H10Cl. The third-order valence-electron chi connectivity index (χ3n) is 0.667. The SMILES string of the molecule is CCCC[CH]Cl. The molecule has 0 fully saturated rings. The summed E-state index contributed by atoms with van der Waals surface area (Å²) in [7, 11) is 0. The van der Waals surface area contributed by atoms with Crippen LogP contribution in [0.1, 0.15) is 26.2 Å². The van der Waals surface area contributed by atoms with Crippen LogP contribution in [-0.2, 0) is 0 Å². The largest absolute Gasteiger partial charge is 0.121 e. The van der Waals surface area contributed by atoms with Gasteiger partial charge in [-0.3, -0.25) is 0 Å². The summed E-state index contributed by atoms with van der Waals surface area (Å²) in [5, 5.41) is 0. The molecule has 0 heterocycles. The maximum absolute atomic E-state index is 5.26. The maximum atomic E-state index is 5.26. The molecule has 0 amide bonds. The first kappa shape index (κ1) is 6.29. The molecule has 1 radical (unpaired) electrons. The van der Waals surface area contributed by atoms with Gasteiger partial charge in [-0.15, -0.1) is 11.6 Å². The van der Waals surface area contributed by atoms with E-state index < -0.39 is 0 Å². The molecule has 0 atom stereocenters. The summed E-state index contributed by atoms with van der Waals surface area (Å²) in [4.78, 5) is 0. The van der Waals surface area contributed by atoms with Gasteiger partial charge in [0.2, 0.25) is 0 Å². The molecule has 0 aliphatic carbocycles. The Hall–Kier alpha value is 0.290. The van der Waals surface area contributed by atoms with Crippen molar-refractivity contribution in [1.82, 2.24) is 0 Å². The van der Waals surface area contributed by atoms with Crippen LogP contribution in [0.15, 0.2) is 0 Å². The molecule has 1 heteroatoms. The number of unbranched alkanes of at least 4 members (excludes halogenated alkanes) is 2. The van der Waals surface area contributed by atoms with Gasteiger partial charge in [-0.1, -0.05) is 19.8 Å². The summed E-state index contributed by atoms with van der Waals surface area (Å²) >= 11 is 5.26. The van der Waals surface area contributed by atoms with E-state index in [1.807, 2.05) is 0 Å². The summed E-state index contributed by atoms with van der Waals surface area (Å²) in [6, 6.07) is 0.